The van der Waals surface area contributed by atoms with Crippen LogP contribution in [0.2, 0.25) is 0 Å². The first-order valence-electron chi connectivity index (χ1n) is 8.52. The minimum Gasteiger partial charge on any atom is -0.486 e. The molecule has 1 aromatic heterocycles. The quantitative estimate of drug-likeness (QED) is 0.583. The number of benzene rings is 1. The van der Waals surface area contributed by atoms with E-state index in [9.17, 15) is 0 Å². The topological polar surface area (TPSA) is 56.5 Å². The predicted octanol–water partition coefficient (Wildman–Crippen LogP) is 3.60. The van der Waals surface area contributed by atoms with Crippen molar-refractivity contribution >= 4 is 11.8 Å². The molecule has 2 heterocycles. The molecule has 0 radical (unpaired) electrons. The van der Waals surface area contributed by atoms with Gasteiger partial charge in [-0.3, -0.25) is 0 Å². The fourth-order valence-corrected chi connectivity index (χ4v) is 3.81. The molecular formula is C18H24N2O3S. The van der Waals surface area contributed by atoms with E-state index in [2.05, 4.69) is 22.5 Å². The average Bonchev–Trinajstić information content (AvgIpc) is 3.04. The highest BCUT2D eigenvalue weighted by molar-refractivity contribution is 7.99. The standard InChI is InChI=1S/C18H24N2O3S/c1-2-20-15(13-19-18(20)24-11-5-3-4-8-21)14-6-7-16-17(12-14)23-10-9-22-16/h6-7,12-13,21H,2-5,8-11H2,1H3. The Hall–Kier alpha value is -1.66. The number of hydrogen-bond donors (Lipinski definition) is 1. The van der Waals surface area contributed by atoms with Crippen LogP contribution in [0, 0.1) is 0 Å². The predicted molar refractivity (Wildman–Crippen MR) is 96.0 cm³/mol. The summed E-state index contributed by atoms with van der Waals surface area (Å²) < 4.78 is 13.5. The molecule has 0 amide bonds. The minimum atomic E-state index is 0.280. The van der Waals surface area contributed by atoms with Crippen molar-refractivity contribution in [2.45, 2.75) is 37.9 Å². The van der Waals surface area contributed by atoms with Crippen molar-refractivity contribution < 1.29 is 14.6 Å². The molecule has 0 saturated carbocycles. The molecule has 1 aromatic carbocycles. The first-order chi connectivity index (χ1) is 11.8. The van der Waals surface area contributed by atoms with Gasteiger partial charge in [0.2, 0.25) is 0 Å². The Morgan fingerprint density at radius 1 is 1.17 bits per heavy atom. The molecule has 0 aliphatic carbocycles. The van der Waals surface area contributed by atoms with Gasteiger partial charge in [0.15, 0.2) is 16.7 Å². The number of hydrogen-bond acceptors (Lipinski definition) is 5. The van der Waals surface area contributed by atoms with Crippen molar-refractivity contribution in [3.63, 3.8) is 0 Å². The van der Waals surface area contributed by atoms with Gasteiger partial charge in [-0.15, -0.1) is 0 Å². The van der Waals surface area contributed by atoms with Gasteiger partial charge in [-0.2, -0.15) is 0 Å². The summed E-state index contributed by atoms with van der Waals surface area (Å²) in [7, 11) is 0. The highest BCUT2D eigenvalue weighted by Gasteiger charge is 2.16. The van der Waals surface area contributed by atoms with Gasteiger partial charge in [-0.1, -0.05) is 18.2 Å². The summed E-state index contributed by atoms with van der Waals surface area (Å²) >= 11 is 1.78. The summed E-state index contributed by atoms with van der Waals surface area (Å²) in [6.45, 7) is 4.50. The molecule has 24 heavy (non-hydrogen) atoms. The number of aromatic nitrogens is 2. The zero-order valence-electron chi connectivity index (χ0n) is 14.0. The van der Waals surface area contributed by atoms with Gasteiger partial charge in [0, 0.05) is 24.5 Å². The largest absolute Gasteiger partial charge is 0.486 e. The summed E-state index contributed by atoms with van der Waals surface area (Å²) in [5, 5.41) is 9.88. The van der Waals surface area contributed by atoms with Gasteiger partial charge in [0.25, 0.3) is 0 Å². The SMILES string of the molecule is CCn1c(-c2ccc3c(c2)OCCO3)cnc1SCCCCCO. The lowest BCUT2D eigenvalue weighted by Crippen LogP contribution is -2.15. The third-order valence-corrected chi connectivity index (χ3v) is 5.08. The van der Waals surface area contributed by atoms with Crippen LogP contribution in [0.25, 0.3) is 11.3 Å². The monoisotopic (exact) mass is 348 g/mol. The lowest BCUT2D eigenvalue weighted by Gasteiger charge is -2.19. The van der Waals surface area contributed by atoms with Gasteiger partial charge in [0.05, 0.1) is 11.9 Å². The van der Waals surface area contributed by atoms with E-state index in [1.165, 1.54) is 0 Å². The highest BCUT2D eigenvalue weighted by atomic mass is 32.2. The van der Waals surface area contributed by atoms with Crippen molar-refractivity contribution in [1.82, 2.24) is 9.55 Å². The number of aliphatic hydroxyl groups is 1. The molecule has 3 rings (SSSR count). The zero-order valence-corrected chi connectivity index (χ0v) is 14.8. The van der Waals surface area contributed by atoms with Crippen LogP contribution in [0.3, 0.4) is 0 Å². The van der Waals surface area contributed by atoms with Crippen LogP contribution in [0.4, 0.5) is 0 Å². The summed E-state index contributed by atoms with van der Waals surface area (Å²) in [4.78, 5) is 4.60. The third-order valence-electron chi connectivity index (χ3n) is 4.01. The number of aliphatic hydroxyl groups excluding tert-OH is 1. The molecule has 130 valence electrons. The molecule has 0 bridgehead atoms. The molecule has 0 atom stereocenters. The van der Waals surface area contributed by atoms with E-state index < -0.39 is 0 Å². The second-order valence-corrected chi connectivity index (χ2v) is 6.72. The van der Waals surface area contributed by atoms with Crippen molar-refractivity contribution in [3.05, 3.63) is 24.4 Å². The lowest BCUT2D eigenvalue weighted by atomic mass is 10.1. The summed E-state index contributed by atoms with van der Waals surface area (Å²) in [5.74, 6) is 2.64. The molecule has 1 aliphatic rings. The van der Waals surface area contributed by atoms with Gasteiger partial charge in [-0.05, 0) is 38.0 Å². The molecule has 0 unspecified atom stereocenters. The van der Waals surface area contributed by atoms with Crippen LogP contribution in [-0.2, 0) is 6.54 Å². The number of nitrogens with zero attached hydrogens (tertiary/aromatic N) is 2. The number of ether oxygens (including phenoxy) is 2. The molecule has 2 aromatic rings. The van der Waals surface area contributed by atoms with Crippen molar-refractivity contribution in [3.8, 4) is 22.8 Å². The van der Waals surface area contributed by atoms with Crippen molar-refractivity contribution in [2.24, 2.45) is 0 Å². The van der Waals surface area contributed by atoms with Crippen LogP contribution < -0.4 is 9.47 Å². The van der Waals surface area contributed by atoms with E-state index in [4.69, 9.17) is 14.6 Å². The summed E-state index contributed by atoms with van der Waals surface area (Å²) in [6.07, 6.45) is 4.97. The number of imidazole rings is 1. The van der Waals surface area contributed by atoms with Crippen LogP contribution in [0.15, 0.2) is 29.6 Å². The van der Waals surface area contributed by atoms with E-state index in [0.29, 0.717) is 13.2 Å². The Bertz CT molecular complexity index is 672. The van der Waals surface area contributed by atoms with Gasteiger partial charge >= 0.3 is 0 Å². The zero-order chi connectivity index (χ0) is 16.8. The average molecular weight is 348 g/mol. The number of thioether (sulfide) groups is 1. The van der Waals surface area contributed by atoms with E-state index in [1.807, 2.05) is 18.3 Å². The lowest BCUT2D eigenvalue weighted by molar-refractivity contribution is 0.171. The summed E-state index contributed by atoms with van der Waals surface area (Å²) in [6, 6.07) is 6.07. The van der Waals surface area contributed by atoms with E-state index >= 15 is 0 Å². The fourth-order valence-electron chi connectivity index (χ4n) is 2.77. The number of unbranched alkanes of at least 4 members (excludes halogenated alkanes) is 2. The van der Waals surface area contributed by atoms with Crippen LogP contribution in [-0.4, -0.2) is 40.2 Å². The number of rotatable bonds is 8. The maximum absolute atomic E-state index is 8.84. The van der Waals surface area contributed by atoms with E-state index in [-0.39, 0.29) is 6.61 Å². The smallest absolute Gasteiger partial charge is 0.168 e. The van der Waals surface area contributed by atoms with Crippen LogP contribution >= 0.6 is 11.8 Å². The Balaban J connectivity index is 1.74. The van der Waals surface area contributed by atoms with Crippen LogP contribution in [0.5, 0.6) is 11.5 Å². The van der Waals surface area contributed by atoms with E-state index in [1.54, 1.807) is 11.8 Å². The summed E-state index contributed by atoms with van der Waals surface area (Å²) in [5.41, 5.74) is 2.20. The molecular weight excluding hydrogens is 324 g/mol. The Morgan fingerprint density at radius 3 is 2.79 bits per heavy atom. The first-order valence-corrected chi connectivity index (χ1v) is 9.51. The highest BCUT2D eigenvalue weighted by Crippen LogP contribution is 2.35. The molecule has 6 heteroatoms. The molecule has 1 N–H and O–H groups in total. The van der Waals surface area contributed by atoms with Crippen LogP contribution in [0.1, 0.15) is 26.2 Å². The van der Waals surface area contributed by atoms with E-state index in [0.717, 1.165) is 59.5 Å². The molecule has 1 aliphatic heterocycles. The Kier molecular flexibility index (Phi) is 6.04. The maximum Gasteiger partial charge on any atom is 0.168 e. The second kappa shape index (κ2) is 8.44. The third kappa shape index (κ3) is 3.87. The normalized spacial score (nSPS) is 13.2. The molecule has 0 fully saturated rings. The number of fused-ring (bicyclic) bond motifs is 1. The Labute approximate surface area is 147 Å². The van der Waals surface area contributed by atoms with Gasteiger partial charge in [0.1, 0.15) is 13.2 Å². The molecule has 5 nitrogen and oxygen atoms in total. The van der Waals surface area contributed by atoms with Crippen molar-refractivity contribution in [1.29, 1.82) is 0 Å². The first kappa shape index (κ1) is 17.2. The van der Waals surface area contributed by atoms with Gasteiger partial charge < -0.3 is 19.1 Å². The molecule has 0 spiro atoms. The van der Waals surface area contributed by atoms with Crippen molar-refractivity contribution in [2.75, 3.05) is 25.6 Å². The maximum atomic E-state index is 8.84. The molecule has 0 saturated heterocycles. The minimum absolute atomic E-state index is 0.280. The Morgan fingerprint density at radius 2 is 2.00 bits per heavy atom. The fraction of sp³-hybridized carbons (Fsp3) is 0.500. The van der Waals surface area contributed by atoms with Gasteiger partial charge in [-0.25, -0.2) is 4.98 Å². The second-order valence-electron chi connectivity index (χ2n) is 5.66.